The molecule has 4 rings (SSSR count). The van der Waals surface area contributed by atoms with Gasteiger partial charge in [0.05, 0.1) is 11.5 Å². The van der Waals surface area contributed by atoms with Gasteiger partial charge < -0.3 is 14.9 Å². The van der Waals surface area contributed by atoms with Gasteiger partial charge in [0, 0.05) is 5.41 Å². The molecule has 1 saturated heterocycles. The monoisotopic (exact) mass is 332 g/mol. The maximum absolute atomic E-state index is 13.2. The molecule has 2 saturated carbocycles. The van der Waals surface area contributed by atoms with E-state index < -0.39 is 22.7 Å². The third-order valence-corrected chi connectivity index (χ3v) is 7.82. The van der Waals surface area contributed by atoms with Crippen LogP contribution in [0.25, 0.3) is 0 Å². The van der Waals surface area contributed by atoms with Gasteiger partial charge in [0.25, 0.3) is 0 Å². The van der Waals surface area contributed by atoms with Crippen LogP contribution in [0.1, 0.15) is 59.8 Å². The quantitative estimate of drug-likeness (QED) is 0.570. The highest BCUT2D eigenvalue weighted by molar-refractivity contribution is 6.07. The number of carbonyl (C=O) groups is 1. The number of aliphatic hydroxyl groups is 2. The fourth-order valence-electron chi connectivity index (χ4n) is 6.18. The first-order valence-corrected chi connectivity index (χ1v) is 9.01. The highest BCUT2D eigenvalue weighted by Gasteiger charge is 2.89. The lowest BCUT2D eigenvalue weighted by atomic mass is 9.45. The number of fused-ring (bicyclic) bond motifs is 1. The Balaban J connectivity index is 1.96. The molecule has 0 spiro atoms. The van der Waals surface area contributed by atoms with Crippen LogP contribution in [0.3, 0.4) is 0 Å². The normalized spacial score (nSPS) is 52.2. The summed E-state index contributed by atoms with van der Waals surface area (Å²) in [4.78, 5) is 13.2. The topological polar surface area (TPSA) is 70.1 Å². The Morgan fingerprint density at radius 2 is 1.92 bits per heavy atom. The van der Waals surface area contributed by atoms with Crippen molar-refractivity contribution in [3.8, 4) is 0 Å². The van der Waals surface area contributed by atoms with E-state index in [-0.39, 0.29) is 22.4 Å². The second-order valence-electron chi connectivity index (χ2n) is 9.46. The van der Waals surface area contributed by atoms with E-state index in [1.54, 1.807) is 0 Å². The molecular weight excluding hydrogens is 304 g/mol. The van der Waals surface area contributed by atoms with E-state index in [9.17, 15) is 15.0 Å². The maximum Gasteiger partial charge on any atom is 0.232 e. The average Bonchev–Trinajstić information content (AvgIpc) is 3.22. The fourth-order valence-corrected chi connectivity index (χ4v) is 6.18. The summed E-state index contributed by atoms with van der Waals surface area (Å²) < 4.78 is 6.32. The van der Waals surface area contributed by atoms with E-state index in [1.807, 2.05) is 19.9 Å². The van der Waals surface area contributed by atoms with Crippen LogP contribution in [0.4, 0.5) is 0 Å². The SMILES string of the molecule is C=C[C@]1(C)CC2=C(O)C(=O)[C@]34O[C@]3(CCCC4(C)C)[C@]2(C)[C@@H](O)C1. The van der Waals surface area contributed by atoms with Crippen LogP contribution in [0, 0.1) is 16.2 Å². The number of ether oxygens (including phenoxy) is 1. The molecule has 2 N–H and O–H groups in total. The first-order valence-electron chi connectivity index (χ1n) is 9.01. The molecule has 0 aromatic rings. The standard InChI is InChI=1S/C20H28O4/c1-6-17(4)10-12-14(22)15(23)20-16(2,3)8-7-9-19(20,24-20)18(12,5)13(21)11-17/h6,13,21-22H,1,7-11H2,2-5H3/t13-,17+,18-,19+,20+/m0/s1. The molecular formula is C20H28O4. The highest BCUT2D eigenvalue weighted by Crippen LogP contribution is 2.78. The van der Waals surface area contributed by atoms with E-state index in [2.05, 4.69) is 20.4 Å². The molecule has 0 radical (unpaired) electrons. The lowest BCUT2D eigenvalue weighted by Gasteiger charge is -2.55. The molecule has 4 aliphatic rings. The van der Waals surface area contributed by atoms with Gasteiger partial charge >= 0.3 is 0 Å². The number of epoxide rings is 1. The zero-order chi connectivity index (χ0) is 17.8. The minimum absolute atomic E-state index is 0.174. The zero-order valence-corrected chi connectivity index (χ0v) is 15.1. The Bertz CT molecular complexity index is 692. The Labute approximate surface area is 143 Å². The van der Waals surface area contributed by atoms with Crippen molar-refractivity contribution < 1.29 is 19.7 Å². The van der Waals surface area contributed by atoms with E-state index in [1.165, 1.54) is 0 Å². The molecule has 1 heterocycles. The van der Waals surface area contributed by atoms with Gasteiger partial charge in [-0.15, -0.1) is 6.58 Å². The molecule has 0 unspecified atom stereocenters. The van der Waals surface area contributed by atoms with Gasteiger partial charge in [0.15, 0.2) is 11.4 Å². The van der Waals surface area contributed by atoms with Crippen LogP contribution in [-0.4, -0.2) is 33.3 Å². The average molecular weight is 332 g/mol. The minimum atomic E-state index is -0.983. The minimum Gasteiger partial charge on any atom is -0.504 e. The number of Topliss-reactive ketones (excluding diaryl/α,β-unsaturated/α-hetero) is 1. The predicted octanol–water partition coefficient (Wildman–Crippen LogP) is 3.45. The summed E-state index contributed by atoms with van der Waals surface area (Å²) in [6.45, 7) is 12.0. The van der Waals surface area contributed by atoms with Crippen LogP contribution in [-0.2, 0) is 9.53 Å². The summed E-state index contributed by atoms with van der Waals surface area (Å²) in [5.41, 5.74) is -2.38. The van der Waals surface area contributed by atoms with Crippen LogP contribution in [0.2, 0.25) is 0 Å². The zero-order valence-electron chi connectivity index (χ0n) is 15.1. The first kappa shape index (κ1) is 16.3. The molecule has 0 bridgehead atoms. The van der Waals surface area contributed by atoms with Crippen LogP contribution in [0.15, 0.2) is 24.0 Å². The first-order chi connectivity index (χ1) is 11.0. The summed E-state index contributed by atoms with van der Waals surface area (Å²) in [6, 6.07) is 0. The van der Waals surface area contributed by atoms with Gasteiger partial charge in [-0.2, -0.15) is 0 Å². The van der Waals surface area contributed by atoms with Gasteiger partial charge in [-0.1, -0.05) is 33.8 Å². The summed E-state index contributed by atoms with van der Waals surface area (Å²) >= 11 is 0. The third-order valence-electron chi connectivity index (χ3n) is 7.82. The Morgan fingerprint density at radius 3 is 2.54 bits per heavy atom. The second-order valence-corrected chi connectivity index (χ2v) is 9.46. The van der Waals surface area contributed by atoms with Gasteiger partial charge in [0.2, 0.25) is 5.78 Å². The second kappa shape index (κ2) is 4.16. The number of hydrogen-bond donors (Lipinski definition) is 2. The van der Waals surface area contributed by atoms with E-state index in [0.717, 1.165) is 19.3 Å². The summed E-state index contributed by atoms with van der Waals surface area (Å²) in [7, 11) is 0. The van der Waals surface area contributed by atoms with Gasteiger partial charge in [0.1, 0.15) is 5.60 Å². The predicted molar refractivity (Wildman–Crippen MR) is 90.5 cm³/mol. The molecule has 3 fully saturated rings. The summed E-state index contributed by atoms with van der Waals surface area (Å²) in [5, 5.41) is 22.0. The van der Waals surface area contributed by atoms with Crippen molar-refractivity contribution in [3.63, 3.8) is 0 Å². The maximum atomic E-state index is 13.2. The molecule has 24 heavy (non-hydrogen) atoms. The molecule has 5 atom stereocenters. The van der Waals surface area contributed by atoms with Gasteiger partial charge in [-0.25, -0.2) is 0 Å². The Morgan fingerprint density at radius 1 is 1.25 bits per heavy atom. The molecule has 0 aromatic heterocycles. The van der Waals surface area contributed by atoms with Crippen LogP contribution in [0.5, 0.6) is 0 Å². The fraction of sp³-hybridized carbons (Fsp3) is 0.750. The Hall–Kier alpha value is -1.13. The number of hydrogen-bond acceptors (Lipinski definition) is 4. The Kier molecular flexibility index (Phi) is 2.83. The number of aliphatic hydroxyl groups excluding tert-OH is 2. The molecule has 0 aromatic carbocycles. The smallest absolute Gasteiger partial charge is 0.232 e. The van der Waals surface area contributed by atoms with E-state index in [4.69, 9.17) is 4.74 Å². The number of allylic oxidation sites excluding steroid dienone is 1. The molecule has 0 amide bonds. The van der Waals surface area contributed by atoms with Crippen molar-refractivity contribution in [2.24, 2.45) is 16.2 Å². The lowest BCUT2D eigenvalue weighted by Crippen LogP contribution is -2.64. The molecule has 4 nitrogen and oxygen atoms in total. The summed E-state index contributed by atoms with van der Waals surface area (Å²) in [5.74, 6) is -0.451. The molecule has 1 aliphatic heterocycles. The summed E-state index contributed by atoms with van der Waals surface area (Å²) in [6.07, 6.45) is 4.89. The third kappa shape index (κ3) is 1.39. The molecule has 3 aliphatic carbocycles. The van der Waals surface area contributed by atoms with Crippen LogP contribution >= 0.6 is 0 Å². The van der Waals surface area contributed by atoms with Crippen molar-refractivity contribution >= 4 is 5.78 Å². The largest absolute Gasteiger partial charge is 0.504 e. The van der Waals surface area contributed by atoms with Crippen molar-refractivity contribution in [3.05, 3.63) is 24.0 Å². The van der Waals surface area contributed by atoms with E-state index in [0.29, 0.717) is 18.4 Å². The van der Waals surface area contributed by atoms with Gasteiger partial charge in [-0.05, 0) is 43.1 Å². The molecule has 4 heteroatoms. The van der Waals surface area contributed by atoms with E-state index >= 15 is 0 Å². The number of ketones is 1. The lowest BCUT2D eigenvalue weighted by molar-refractivity contribution is -0.131. The molecule has 132 valence electrons. The van der Waals surface area contributed by atoms with Crippen molar-refractivity contribution in [1.82, 2.24) is 0 Å². The number of carbonyl (C=O) groups excluding carboxylic acids is 1. The van der Waals surface area contributed by atoms with Gasteiger partial charge in [-0.3, -0.25) is 4.79 Å². The van der Waals surface area contributed by atoms with Crippen molar-refractivity contribution in [1.29, 1.82) is 0 Å². The highest BCUT2D eigenvalue weighted by atomic mass is 16.6. The van der Waals surface area contributed by atoms with Crippen LogP contribution < -0.4 is 0 Å². The van der Waals surface area contributed by atoms with Crippen molar-refractivity contribution in [2.45, 2.75) is 77.1 Å². The van der Waals surface area contributed by atoms with Crippen molar-refractivity contribution in [2.75, 3.05) is 0 Å². The number of rotatable bonds is 1.